The van der Waals surface area contributed by atoms with Gasteiger partial charge in [0.15, 0.2) is 0 Å². The number of ether oxygens (including phenoxy) is 2. The molecule has 2 aromatic carbocycles. The normalized spacial score (nSPS) is 10.3. The molecule has 0 fully saturated rings. The van der Waals surface area contributed by atoms with Crippen LogP contribution in [0.2, 0.25) is 5.02 Å². The summed E-state index contributed by atoms with van der Waals surface area (Å²) in [7, 11) is 3.01. The maximum Gasteiger partial charge on any atom is 0.257 e. The number of anilines is 3. The summed E-state index contributed by atoms with van der Waals surface area (Å²) in [6, 6.07) is 12.8. The molecule has 0 bridgehead atoms. The van der Waals surface area contributed by atoms with Crippen molar-refractivity contribution in [3.63, 3.8) is 0 Å². The van der Waals surface area contributed by atoms with Crippen LogP contribution in [0.3, 0.4) is 0 Å². The lowest BCUT2D eigenvalue weighted by molar-refractivity contribution is 0.102. The van der Waals surface area contributed by atoms with Crippen molar-refractivity contribution in [1.82, 2.24) is 4.98 Å². The van der Waals surface area contributed by atoms with Gasteiger partial charge in [-0.3, -0.25) is 9.78 Å². The number of benzene rings is 2. The van der Waals surface area contributed by atoms with Crippen molar-refractivity contribution in [2.24, 2.45) is 0 Å². The minimum atomic E-state index is -0.330. The van der Waals surface area contributed by atoms with Crippen LogP contribution in [0.1, 0.15) is 15.9 Å². The highest BCUT2D eigenvalue weighted by Gasteiger charge is 2.14. The fraction of sp³-hybridized carbons (Fsp3) is 0.143. The van der Waals surface area contributed by atoms with Crippen LogP contribution in [0.4, 0.5) is 17.1 Å². The van der Waals surface area contributed by atoms with E-state index in [-0.39, 0.29) is 5.91 Å². The van der Waals surface area contributed by atoms with E-state index >= 15 is 0 Å². The predicted octanol–water partition coefficient (Wildman–Crippen LogP) is 5.06. The van der Waals surface area contributed by atoms with Gasteiger partial charge in [0.25, 0.3) is 5.91 Å². The third kappa shape index (κ3) is 4.35. The van der Waals surface area contributed by atoms with Crippen LogP contribution in [-0.4, -0.2) is 25.1 Å². The van der Waals surface area contributed by atoms with Crippen molar-refractivity contribution in [1.29, 1.82) is 0 Å². The van der Waals surface area contributed by atoms with Gasteiger partial charge in [-0.25, -0.2) is 0 Å². The van der Waals surface area contributed by atoms with Gasteiger partial charge in [0.1, 0.15) is 11.5 Å². The molecular formula is C21H20ClN3O3. The number of aryl methyl sites for hydroxylation is 1. The minimum Gasteiger partial charge on any atom is -0.495 e. The van der Waals surface area contributed by atoms with E-state index in [2.05, 4.69) is 15.6 Å². The summed E-state index contributed by atoms with van der Waals surface area (Å²) in [6.07, 6.45) is 3.16. The maximum atomic E-state index is 12.7. The quantitative estimate of drug-likeness (QED) is 0.608. The van der Waals surface area contributed by atoms with E-state index in [0.717, 1.165) is 11.3 Å². The van der Waals surface area contributed by atoms with E-state index in [4.69, 9.17) is 21.1 Å². The molecule has 0 aliphatic rings. The number of nitrogens with one attached hydrogen (secondary N) is 2. The molecule has 7 heteroatoms. The minimum absolute atomic E-state index is 0.330. The van der Waals surface area contributed by atoms with Gasteiger partial charge in [-0.05, 0) is 24.6 Å². The van der Waals surface area contributed by atoms with Crippen LogP contribution in [0.15, 0.2) is 54.9 Å². The summed E-state index contributed by atoms with van der Waals surface area (Å²) in [4.78, 5) is 16.9. The van der Waals surface area contributed by atoms with E-state index in [1.807, 2.05) is 31.2 Å². The molecule has 1 aromatic heterocycles. The van der Waals surface area contributed by atoms with Gasteiger partial charge in [-0.15, -0.1) is 0 Å². The lowest BCUT2D eigenvalue weighted by Gasteiger charge is -2.14. The molecule has 28 heavy (non-hydrogen) atoms. The van der Waals surface area contributed by atoms with Gasteiger partial charge in [0, 0.05) is 24.0 Å². The highest BCUT2D eigenvalue weighted by Crippen LogP contribution is 2.36. The lowest BCUT2D eigenvalue weighted by atomic mass is 10.2. The Morgan fingerprint density at radius 2 is 1.75 bits per heavy atom. The Morgan fingerprint density at radius 1 is 1.00 bits per heavy atom. The molecule has 0 aliphatic carbocycles. The summed E-state index contributed by atoms with van der Waals surface area (Å²) < 4.78 is 10.5. The van der Waals surface area contributed by atoms with E-state index in [0.29, 0.717) is 33.5 Å². The number of amides is 1. The van der Waals surface area contributed by atoms with Gasteiger partial charge in [-0.1, -0.05) is 29.8 Å². The van der Waals surface area contributed by atoms with Crippen molar-refractivity contribution < 1.29 is 14.3 Å². The van der Waals surface area contributed by atoms with Crippen molar-refractivity contribution in [2.45, 2.75) is 6.92 Å². The molecule has 3 aromatic rings. The topological polar surface area (TPSA) is 72.5 Å². The van der Waals surface area contributed by atoms with Crippen LogP contribution in [0, 0.1) is 6.92 Å². The van der Waals surface area contributed by atoms with Crippen molar-refractivity contribution in [3.05, 3.63) is 71.0 Å². The van der Waals surface area contributed by atoms with Gasteiger partial charge in [-0.2, -0.15) is 0 Å². The third-order valence-electron chi connectivity index (χ3n) is 4.15. The number of carbonyl (C=O) groups is 1. The number of para-hydroxylation sites is 1. The molecule has 0 atom stereocenters. The highest BCUT2D eigenvalue weighted by molar-refractivity contribution is 6.32. The van der Waals surface area contributed by atoms with Crippen LogP contribution >= 0.6 is 11.6 Å². The molecule has 0 spiro atoms. The van der Waals surface area contributed by atoms with Gasteiger partial charge >= 0.3 is 0 Å². The molecule has 0 radical (unpaired) electrons. The smallest absolute Gasteiger partial charge is 0.257 e. The average Bonchev–Trinajstić information content (AvgIpc) is 2.71. The number of halogens is 1. The summed E-state index contributed by atoms with van der Waals surface area (Å²) in [5, 5.41) is 6.48. The monoisotopic (exact) mass is 397 g/mol. The van der Waals surface area contributed by atoms with E-state index in [1.165, 1.54) is 20.4 Å². The number of nitrogens with zero attached hydrogens (tertiary/aromatic N) is 1. The molecule has 6 nitrogen and oxygen atoms in total. The first-order valence-electron chi connectivity index (χ1n) is 8.52. The number of carbonyl (C=O) groups excluding carboxylic acids is 1. The third-order valence-corrected chi connectivity index (χ3v) is 4.44. The second kappa shape index (κ2) is 8.63. The fourth-order valence-electron chi connectivity index (χ4n) is 2.65. The Hall–Kier alpha value is -3.25. The summed E-state index contributed by atoms with van der Waals surface area (Å²) in [5.41, 5.74) is 3.60. The number of aromatic nitrogens is 1. The Balaban J connectivity index is 1.83. The predicted molar refractivity (Wildman–Crippen MR) is 111 cm³/mol. The van der Waals surface area contributed by atoms with Gasteiger partial charge in [0.05, 0.1) is 42.4 Å². The average molecular weight is 398 g/mol. The number of hydrogen-bond donors (Lipinski definition) is 2. The van der Waals surface area contributed by atoms with E-state index < -0.39 is 0 Å². The standard InChI is InChI=1S/C21H20ClN3O3/c1-13-6-4-5-7-17(13)24-15-8-14(11-23-12-15)21(26)25-18-10-19(27-2)16(22)9-20(18)28-3/h4-12,24H,1-3H3,(H,25,26). The molecule has 0 saturated heterocycles. The molecule has 0 aliphatic heterocycles. The molecule has 0 saturated carbocycles. The van der Waals surface area contributed by atoms with E-state index in [9.17, 15) is 4.79 Å². The second-order valence-corrected chi connectivity index (χ2v) is 6.45. The van der Waals surface area contributed by atoms with Gasteiger partial charge < -0.3 is 20.1 Å². The Bertz CT molecular complexity index is 1010. The lowest BCUT2D eigenvalue weighted by Crippen LogP contribution is -2.13. The molecule has 2 N–H and O–H groups in total. The number of rotatable bonds is 6. The highest BCUT2D eigenvalue weighted by atomic mass is 35.5. The molecule has 3 rings (SSSR count). The summed E-state index contributed by atoms with van der Waals surface area (Å²) in [5.74, 6) is 0.538. The summed E-state index contributed by atoms with van der Waals surface area (Å²) >= 11 is 6.11. The van der Waals surface area contributed by atoms with Crippen LogP contribution in [0.5, 0.6) is 11.5 Å². The number of pyridine rings is 1. The first-order valence-corrected chi connectivity index (χ1v) is 8.90. The van der Waals surface area contributed by atoms with Crippen molar-refractivity contribution >= 4 is 34.6 Å². The molecule has 1 heterocycles. The SMILES string of the molecule is COc1cc(NC(=O)c2cncc(Nc3ccccc3C)c2)c(OC)cc1Cl. The Morgan fingerprint density at radius 3 is 2.46 bits per heavy atom. The Kier molecular flexibility index (Phi) is 6.01. The zero-order valence-corrected chi connectivity index (χ0v) is 16.5. The summed E-state index contributed by atoms with van der Waals surface area (Å²) in [6.45, 7) is 2.01. The first-order chi connectivity index (χ1) is 13.5. The maximum absolute atomic E-state index is 12.7. The number of methoxy groups -OCH3 is 2. The van der Waals surface area contributed by atoms with Crippen LogP contribution in [0.25, 0.3) is 0 Å². The molecule has 1 amide bonds. The van der Waals surface area contributed by atoms with Crippen LogP contribution < -0.4 is 20.1 Å². The zero-order valence-electron chi connectivity index (χ0n) is 15.7. The second-order valence-electron chi connectivity index (χ2n) is 6.04. The molecular weight excluding hydrogens is 378 g/mol. The van der Waals surface area contributed by atoms with Crippen molar-refractivity contribution in [3.8, 4) is 11.5 Å². The van der Waals surface area contributed by atoms with Crippen LogP contribution in [-0.2, 0) is 0 Å². The largest absolute Gasteiger partial charge is 0.495 e. The first kappa shape index (κ1) is 19.5. The molecule has 144 valence electrons. The zero-order chi connectivity index (χ0) is 20.1. The fourth-order valence-corrected chi connectivity index (χ4v) is 2.88. The molecule has 0 unspecified atom stereocenters. The van der Waals surface area contributed by atoms with E-state index in [1.54, 1.807) is 24.4 Å². The van der Waals surface area contributed by atoms with Crippen molar-refractivity contribution in [2.75, 3.05) is 24.9 Å². The Labute approximate surface area is 168 Å². The van der Waals surface area contributed by atoms with Gasteiger partial charge in [0.2, 0.25) is 0 Å². The number of hydrogen-bond acceptors (Lipinski definition) is 5.